The maximum Gasteiger partial charge on any atom is 0.242 e. The molecule has 1 unspecified atom stereocenters. The molecule has 0 bridgehead atoms. The van der Waals surface area contributed by atoms with E-state index >= 15 is 0 Å². The van der Waals surface area contributed by atoms with Crippen LogP contribution in [0, 0.1) is 0 Å². The molecule has 6 nitrogen and oxygen atoms in total. The second-order valence-corrected chi connectivity index (χ2v) is 7.73. The van der Waals surface area contributed by atoms with Gasteiger partial charge in [-0.3, -0.25) is 0 Å². The van der Waals surface area contributed by atoms with Crippen molar-refractivity contribution in [3.8, 4) is 17.2 Å². The van der Waals surface area contributed by atoms with E-state index in [1.165, 1.54) is 19.2 Å². The molecule has 134 valence electrons. The Morgan fingerprint density at radius 3 is 2.60 bits per heavy atom. The van der Waals surface area contributed by atoms with Crippen LogP contribution in [-0.4, -0.2) is 34.8 Å². The quantitative estimate of drug-likeness (QED) is 0.829. The Kier molecular flexibility index (Phi) is 5.29. The average molecular weight is 404 g/mol. The van der Waals surface area contributed by atoms with Crippen molar-refractivity contribution in [2.45, 2.75) is 11.0 Å². The number of hydrogen-bond acceptors (Lipinski definition) is 5. The topological polar surface area (TPSA) is 73.9 Å². The zero-order valence-electron chi connectivity index (χ0n) is 13.2. The fraction of sp³-hybridized carbons (Fsp3) is 0.250. The zero-order valence-corrected chi connectivity index (χ0v) is 15.5. The van der Waals surface area contributed by atoms with Gasteiger partial charge in [-0.25, -0.2) is 13.1 Å². The standard InChI is InChI=1S/C16H15Cl2NO5S/c1-22-13-6-7-14(16(18)15(13)17)25(20,21)19-8-10-9-23-11-4-2-3-5-12(11)24-10/h2-7,10,19H,8-9H2,1H3. The molecule has 2 aromatic carbocycles. The molecule has 1 N–H and O–H groups in total. The summed E-state index contributed by atoms with van der Waals surface area (Å²) in [5.41, 5.74) is 0. The first-order chi connectivity index (χ1) is 11.9. The van der Waals surface area contributed by atoms with Crippen LogP contribution in [0.4, 0.5) is 0 Å². The summed E-state index contributed by atoms with van der Waals surface area (Å²) in [6.07, 6.45) is -0.461. The minimum atomic E-state index is -3.87. The van der Waals surface area contributed by atoms with Crippen LogP contribution in [0.5, 0.6) is 17.2 Å². The van der Waals surface area contributed by atoms with Crippen LogP contribution < -0.4 is 18.9 Å². The highest BCUT2D eigenvalue weighted by atomic mass is 35.5. The summed E-state index contributed by atoms with van der Waals surface area (Å²) in [7, 11) is -2.45. The smallest absolute Gasteiger partial charge is 0.242 e. The molecule has 9 heteroatoms. The molecule has 0 amide bonds. The number of methoxy groups -OCH3 is 1. The summed E-state index contributed by atoms with van der Waals surface area (Å²) in [5, 5.41) is -0.0575. The van der Waals surface area contributed by atoms with Gasteiger partial charge in [-0.2, -0.15) is 0 Å². The van der Waals surface area contributed by atoms with Gasteiger partial charge in [0.05, 0.1) is 18.7 Å². The molecular weight excluding hydrogens is 389 g/mol. The van der Waals surface area contributed by atoms with E-state index < -0.39 is 16.1 Å². The number of fused-ring (bicyclic) bond motifs is 1. The van der Waals surface area contributed by atoms with Gasteiger partial charge in [-0.1, -0.05) is 35.3 Å². The monoisotopic (exact) mass is 403 g/mol. The second kappa shape index (κ2) is 7.29. The van der Waals surface area contributed by atoms with E-state index in [1.807, 2.05) is 12.1 Å². The maximum absolute atomic E-state index is 12.5. The summed E-state index contributed by atoms with van der Waals surface area (Å²) in [6, 6.07) is 9.97. The van der Waals surface area contributed by atoms with Crippen molar-refractivity contribution in [2.75, 3.05) is 20.3 Å². The molecule has 25 heavy (non-hydrogen) atoms. The average Bonchev–Trinajstić information content (AvgIpc) is 2.62. The number of nitrogens with one attached hydrogen (secondary N) is 1. The minimum absolute atomic E-state index is 0.0244. The Hall–Kier alpha value is -1.67. The van der Waals surface area contributed by atoms with E-state index in [-0.39, 0.29) is 28.1 Å². The molecule has 0 saturated carbocycles. The largest absolute Gasteiger partial charge is 0.495 e. The predicted octanol–water partition coefficient (Wildman–Crippen LogP) is 3.12. The van der Waals surface area contributed by atoms with Gasteiger partial charge in [-0.15, -0.1) is 0 Å². The van der Waals surface area contributed by atoms with Gasteiger partial charge in [0.1, 0.15) is 28.4 Å². The van der Waals surface area contributed by atoms with E-state index in [2.05, 4.69) is 4.72 Å². The molecule has 0 spiro atoms. The molecular formula is C16H15Cl2NO5S. The lowest BCUT2D eigenvalue weighted by Crippen LogP contribution is -2.40. The first-order valence-corrected chi connectivity index (χ1v) is 9.56. The Morgan fingerprint density at radius 2 is 1.88 bits per heavy atom. The van der Waals surface area contributed by atoms with Crippen LogP contribution in [0.3, 0.4) is 0 Å². The summed E-state index contributed by atoms with van der Waals surface area (Å²) >= 11 is 12.1. The number of rotatable bonds is 5. The number of sulfonamides is 1. The Morgan fingerprint density at radius 1 is 1.16 bits per heavy atom. The summed E-state index contributed by atoms with van der Waals surface area (Å²) in [4.78, 5) is -0.128. The lowest BCUT2D eigenvalue weighted by atomic mass is 10.2. The van der Waals surface area contributed by atoms with E-state index in [1.54, 1.807) is 12.1 Å². The third-order valence-corrected chi connectivity index (χ3v) is 6.03. The third kappa shape index (κ3) is 3.79. The van der Waals surface area contributed by atoms with Crippen molar-refractivity contribution in [1.82, 2.24) is 4.72 Å². The number of halogens is 2. The fourth-order valence-electron chi connectivity index (χ4n) is 2.32. The van der Waals surface area contributed by atoms with Crippen molar-refractivity contribution < 1.29 is 22.6 Å². The van der Waals surface area contributed by atoms with Gasteiger partial charge in [0.25, 0.3) is 0 Å². The molecule has 3 rings (SSSR count). The number of benzene rings is 2. The molecule has 1 heterocycles. The molecule has 0 radical (unpaired) electrons. The van der Waals surface area contributed by atoms with Crippen molar-refractivity contribution in [3.63, 3.8) is 0 Å². The molecule has 1 atom stereocenters. The Bertz CT molecular complexity index is 888. The second-order valence-electron chi connectivity index (χ2n) is 5.24. The van der Waals surface area contributed by atoms with Gasteiger partial charge in [0.2, 0.25) is 10.0 Å². The SMILES string of the molecule is COc1ccc(S(=O)(=O)NCC2COc3ccccc3O2)c(Cl)c1Cl. The predicted molar refractivity (Wildman–Crippen MR) is 94.6 cm³/mol. The van der Waals surface area contributed by atoms with Crippen molar-refractivity contribution in [3.05, 3.63) is 46.4 Å². The van der Waals surface area contributed by atoms with Crippen LogP contribution in [0.1, 0.15) is 0 Å². The molecule has 0 saturated heterocycles. The number of hydrogen-bond donors (Lipinski definition) is 1. The maximum atomic E-state index is 12.5. The van der Waals surface area contributed by atoms with Gasteiger partial charge in [0.15, 0.2) is 11.5 Å². The Balaban J connectivity index is 1.72. The first-order valence-electron chi connectivity index (χ1n) is 7.32. The van der Waals surface area contributed by atoms with Gasteiger partial charge < -0.3 is 14.2 Å². The van der Waals surface area contributed by atoms with Gasteiger partial charge >= 0.3 is 0 Å². The normalized spacial score (nSPS) is 16.5. The zero-order chi connectivity index (χ0) is 18.0. The fourth-order valence-corrected chi connectivity index (χ4v) is 4.23. The van der Waals surface area contributed by atoms with Crippen LogP contribution in [0.2, 0.25) is 10.0 Å². The third-order valence-electron chi connectivity index (χ3n) is 3.59. The molecule has 0 fully saturated rings. The highest BCUT2D eigenvalue weighted by molar-refractivity contribution is 7.89. The van der Waals surface area contributed by atoms with E-state index in [4.69, 9.17) is 37.4 Å². The lowest BCUT2D eigenvalue weighted by molar-refractivity contribution is 0.0943. The van der Waals surface area contributed by atoms with Crippen molar-refractivity contribution in [1.29, 1.82) is 0 Å². The molecule has 0 aromatic heterocycles. The van der Waals surface area contributed by atoms with Crippen LogP contribution in [-0.2, 0) is 10.0 Å². The number of para-hydroxylation sites is 2. The molecule has 1 aliphatic rings. The minimum Gasteiger partial charge on any atom is -0.495 e. The molecule has 1 aliphatic heterocycles. The van der Waals surface area contributed by atoms with E-state index in [9.17, 15) is 8.42 Å². The summed E-state index contributed by atoms with van der Waals surface area (Å²) < 4.78 is 43.8. The molecule has 2 aromatic rings. The van der Waals surface area contributed by atoms with E-state index in [0.717, 1.165) is 0 Å². The van der Waals surface area contributed by atoms with Crippen molar-refractivity contribution in [2.24, 2.45) is 0 Å². The van der Waals surface area contributed by atoms with Crippen LogP contribution in [0.25, 0.3) is 0 Å². The van der Waals surface area contributed by atoms with Gasteiger partial charge in [0, 0.05) is 0 Å². The van der Waals surface area contributed by atoms with Gasteiger partial charge in [-0.05, 0) is 24.3 Å². The lowest BCUT2D eigenvalue weighted by Gasteiger charge is -2.26. The van der Waals surface area contributed by atoms with Crippen LogP contribution in [0.15, 0.2) is 41.3 Å². The summed E-state index contributed by atoms with van der Waals surface area (Å²) in [5.74, 6) is 1.50. The Labute approximate surface area is 155 Å². The molecule has 0 aliphatic carbocycles. The highest BCUT2D eigenvalue weighted by Crippen LogP contribution is 2.36. The van der Waals surface area contributed by atoms with Crippen molar-refractivity contribution >= 4 is 33.2 Å². The number of ether oxygens (including phenoxy) is 3. The highest BCUT2D eigenvalue weighted by Gasteiger charge is 2.26. The van der Waals surface area contributed by atoms with E-state index in [0.29, 0.717) is 17.2 Å². The van der Waals surface area contributed by atoms with Crippen LogP contribution >= 0.6 is 23.2 Å². The first kappa shape index (κ1) is 18.1. The summed E-state index contributed by atoms with van der Waals surface area (Å²) in [6.45, 7) is 0.257.